The highest BCUT2D eigenvalue weighted by atomic mass is 16.5. The van der Waals surface area contributed by atoms with Gasteiger partial charge < -0.3 is 10.1 Å². The molecule has 1 saturated heterocycles. The van der Waals surface area contributed by atoms with E-state index in [1.807, 2.05) is 0 Å². The fraction of sp³-hybridized carbons (Fsp3) is 0.667. The molecule has 1 N–H and O–H groups in total. The van der Waals surface area contributed by atoms with Crippen LogP contribution in [0.3, 0.4) is 0 Å². The van der Waals surface area contributed by atoms with Gasteiger partial charge in [0.05, 0.1) is 0 Å². The van der Waals surface area contributed by atoms with Gasteiger partial charge in [-0.25, -0.2) is 0 Å². The molecule has 1 aromatic carbocycles. The lowest BCUT2D eigenvalue weighted by Gasteiger charge is -2.27. The molecule has 0 bridgehead atoms. The van der Waals surface area contributed by atoms with Gasteiger partial charge >= 0.3 is 0 Å². The van der Waals surface area contributed by atoms with E-state index in [0.717, 1.165) is 32.2 Å². The number of ether oxygens (including phenoxy) is 1. The quantitative estimate of drug-likeness (QED) is 0.816. The van der Waals surface area contributed by atoms with Gasteiger partial charge in [0, 0.05) is 19.8 Å². The summed E-state index contributed by atoms with van der Waals surface area (Å²) in [6, 6.07) is 11.0. The van der Waals surface area contributed by atoms with Crippen LogP contribution in [0.15, 0.2) is 30.3 Å². The molecule has 1 heterocycles. The van der Waals surface area contributed by atoms with Gasteiger partial charge in [0.15, 0.2) is 0 Å². The molecule has 2 unspecified atom stereocenters. The zero-order chi connectivity index (χ0) is 14.2. The molecule has 1 fully saturated rings. The predicted octanol–water partition coefficient (Wildman–Crippen LogP) is 3.83. The Kier molecular flexibility index (Phi) is 6.55. The Hall–Kier alpha value is -0.860. The van der Waals surface area contributed by atoms with Gasteiger partial charge in [0.1, 0.15) is 0 Å². The van der Waals surface area contributed by atoms with E-state index in [-0.39, 0.29) is 0 Å². The molecule has 1 aromatic rings. The Bertz CT molecular complexity index is 357. The van der Waals surface area contributed by atoms with Gasteiger partial charge in [-0.1, -0.05) is 44.2 Å². The molecule has 2 nitrogen and oxygen atoms in total. The zero-order valence-corrected chi connectivity index (χ0v) is 13.0. The molecular formula is C18H29NO. The first-order valence-corrected chi connectivity index (χ1v) is 8.09. The van der Waals surface area contributed by atoms with Gasteiger partial charge in [-0.2, -0.15) is 0 Å². The summed E-state index contributed by atoms with van der Waals surface area (Å²) >= 11 is 0. The maximum Gasteiger partial charge on any atom is 0.0494 e. The van der Waals surface area contributed by atoms with Crippen molar-refractivity contribution < 1.29 is 4.74 Å². The Balaban J connectivity index is 1.92. The van der Waals surface area contributed by atoms with Crippen LogP contribution in [0.4, 0.5) is 0 Å². The molecule has 2 heteroatoms. The van der Waals surface area contributed by atoms with Crippen LogP contribution in [-0.4, -0.2) is 26.3 Å². The van der Waals surface area contributed by atoms with Crippen LogP contribution in [0.25, 0.3) is 0 Å². The van der Waals surface area contributed by atoms with Crippen molar-refractivity contribution in [1.29, 1.82) is 0 Å². The molecule has 0 spiro atoms. The van der Waals surface area contributed by atoms with E-state index in [9.17, 15) is 0 Å². The molecule has 2 atom stereocenters. The van der Waals surface area contributed by atoms with Crippen LogP contribution < -0.4 is 5.32 Å². The third kappa shape index (κ3) is 5.26. The van der Waals surface area contributed by atoms with Crippen molar-refractivity contribution in [1.82, 2.24) is 5.32 Å². The lowest BCUT2D eigenvalue weighted by atomic mass is 9.86. The minimum Gasteiger partial charge on any atom is -0.381 e. The number of hydrogen-bond donors (Lipinski definition) is 1. The van der Waals surface area contributed by atoms with E-state index in [1.54, 1.807) is 0 Å². The monoisotopic (exact) mass is 275 g/mol. The SMILES string of the molecule is CC(C)CNCC(CC1CCCOC1)c1ccccc1. The largest absolute Gasteiger partial charge is 0.381 e. The molecule has 0 saturated carbocycles. The fourth-order valence-corrected chi connectivity index (χ4v) is 3.00. The van der Waals surface area contributed by atoms with Crippen LogP contribution in [0.2, 0.25) is 0 Å². The topological polar surface area (TPSA) is 21.3 Å². The Morgan fingerprint density at radius 2 is 2.00 bits per heavy atom. The van der Waals surface area contributed by atoms with Crippen LogP contribution in [0.5, 0.6) is 0 Å². The molecule has 0 aliphatic carbocycles. The summed E-state index contributed by atoms with van der Waals surface area (Å²) in [5.74, 6) is 2.06. The highest BCUT2D eigenvalue weighted by molar-refractivity contribution is 5.20. The van der Waals surface area contributed by atoms with E-state index in [1.165, 1.54) is 24.8 Å². The summed E-state index contributed by atoms with van der Waals surface area (Å²) in [7, 11) is 0. The maximum absolute atomic E-state index is 5.64. The number of hydrogen-bond acceptors (Lipinski definition) is 2. The van der Waals surface area contributed by atoms with E-state index >= 15 is 0 Å². The molecule has 0 radical (unpaired) electrons. The Labute approximate surface area is 123 Å². The Morgan fingerprint density at radius 3 is 2.65 bits per heavy atom. The van der Waals surface area contributed by atoms with Crippen molar-refractivity contribution >= 4 is 0 Å². The lowest BCUT2D eigenvalue weighted by molar-refractivity contribution is 0.0488. The average Bonchev–Trinajstić information content (AvgIpc) is 2.48. The minimum atomic E-state index is 0.613. The van der Waals surface area contributed by atoms with Gasteiger partial charge in [-0.3, -0.25) is 0 Å². The molecule has 2 rings (SSSR count). The van der Waals surface area contributed by atoms with Gasteiger partial charge in [-0.05, 0) is 49.1 Å². The molecule has 1 aliphatic rings. The first kappa shape index (κ1) is 15.5. The number of nitrogens with one attached hydrogen (secondary N) is 1. The van der Waals surface area contributed by atoms with Crippen LogP contribution in [0, 0.1) is 11.8 Å². The highest BCUT2D eigenvalue weighted by Crippen LogP contribution is 2.28. The molecule has 0 amide bonds. The third-order valence-electron chi connectivity index (χ3n) is 4.09. The standard InChI is InChI=1S/C18H29NO/c1-15(2)12-19-13-18(17-8-4-3-5-9-17)11-16-7-6-10-20-14-16/h3-5,8-9,15-16,18-19H,6-7,10-14H2,1-2H3. The first-order chi connectivity index (χ1) is 9.75. The Morgan fingerprint density at radius 1 is 1.20 bits per heavy atom. The smallest absolute Gasteiger partial charge is 0.0494 e. The molecule has 20 heavy (non-hydrogen) atoms. The van der Waals surface area contributed by atoms with E-state index in [0.29, 0.717) is 11.8 Å². The zero-order valence-electron chi connectivity index (χ0n) is 13.0. The number of rotatable bonds is 7. The second-order valence-corrected chi connectivity index (χ2v) is 6.48. The second-order valence-electron chi connectivity index (χ2n) is 6.48. The predicted molar refractivity (Wildman–Crippen MR) is 85.1 cm³/mol. The minimum absolute atomic E-state index is 0.613. The summed E-state index contributed by atoms with van der Waals surface area (Å²) in [5, 5.41) is 3.63. The van der Waals surface area contributed by atoms with Crippen LogP contribution in [0.1, 0.15) is 44.6 Å². The molecule has 112 valence electrons. The summed E-state index contributed by atoms with van der Waals surface area (Å²) < 4.78 is 5.64. The van der Waals surface area contributed by atoms with E-state index in [4.69, 9.17) is 4.74 Å². The highest BCUT2D eigenvalue weighted by Gasteiger charge is 2.20. The van der Waals surface area contributed by atoms with Crippen LogP contribution >= 0.6 is 0 Å². The average molecular weight is 275 g/mol. The summed E-state index contributed by atoms with van der Waals surface area (Å²) in [6.45, 7) is 8.62. The lowest BCUT2D eigenvalue weighted by Crippen LogP contribution is -2.28. The van der Waals surface area contributed by atoms with Gasteiger partial charge in [0.2, 0.25) is 0 Å². The van der Waals surface area contributed by atoms with Gasteiger partial charge in [-0.15, -0.1) is 0 Å². The molecule has 0 aromatic heterocycles. The number of benzene rings is 1. The summed E-state index contributed by atoms with van der Waals surface area (Å²) in [4.78, 5) is 0. The fourth-order valence-electron chi connectivity index (χ4n) is 3.00. The molecular weight excluding hydrogens is 246 g/mol. The van der Waals surface area contributed by atoms with Crippen molar-refractivity contribution in [2.75, 3.05) is 26.3 Å². The first-order valence-electron chi connectivity index (χ1n) is 8.09. The normalized spacial score (nSPS) is 21.1. The van der Waals surface area contributed by atoms with Gasteiger partial charge in [0.25, 0.3) is 0 Å². The van der Waals surface area contributed by atoms with Crippen molar-refractivity contribution in [3.8, 4) is 0 Å². The second kappa shape index (κ2) is 8.43. The summed E-state index contributed by atoms with van der Waals surface area (Å²) in [5.41, 5.74) is 1.47. The van der Waals surface area contributed by atoms with Crippen molar-refractivity contribution in [3.63, 3.8) is 0 Å². The van der Waals surface area contributed by atoms with Crippen molar-refractivity contribution in [2.24, 2.45) is 11.8 Å². The molecule has 1 aliphatic heterocycles. The van der Waals surface area contributed by atoms with Crippen LogP contribution in [-0.2, 0) is 4.74 Å². The van der Waals surface area contributed by atoms with Crippen molar-refractivity contribution in [3.05, 3.63) is 35.9 Å². The summed E-state index contributed by atoms with van der Waals surface area (Å²) in [6.07, 6.45) is 3.80. The third-order valence-corrected chi connectivity index (χ3v) is 4.09. The van der Waals surface area contributed by atoms with E-state index < -0.39 is 0 Å². The maximum atomic E-state index is 5.64. The van der Waals surface area contributed by atoms with Crippen molar-refractivity contribution in [2.45, 2.75) is 39.0 Å². The van der Waals surface area contributed by atoms with E-state index in [2.05, 4.69) is 49.5 Å².